The van der Waals surface area contributed by atoms with Gasteiger partial charge in [0.2, 0.25) is 0 Å². The summed E-state index contributed by atoms with van der Waals surface area (Å²) in [5.74, 6) is 0.198. The van der Waals surface area contributed by atoms with Gasteiger partial charge in [0, 0.05) is 11.8 Å². The zero-order chi connectivity index (χ0) is 14.8. The van der Waals surface area contributed by atoms with E-state index in [1.54, 1.807) is 18.2 Å². The number of benzene rings is 1. The number of rotatable bonds is 4. The molecule has 0 aliphatic carbocycles. The lowest BCUT2D eigenvalue weighted by atomic mass is 10.2. The molecule has 2 rings (SSSR count). The van der Waals surface area contributed by atoms with Gasteiger partial charge in [-0.2, -0.15) is 0 Å². The van der Waals surface area contributed by atoms with Gasteiger partial charge < -0.3 is 5.73 Å². The van der Waals surface area contributed by atoms with Gasteiger partial charge in [0.25, 0.3) is 10.0 Å². The maximum absolute atomic E-state index is 12.3. The van der Waals surface area contributed by atoms with Gasteiger partial charge in [-0.15, -0.1) is 0 Å². The fraction of sp³-hybridized carbons (Fsp3) is 0. The minimum atomic E-state index is -3.86. The van der Waals surface area contributed by atoms with Crippen LogP contribution in [0.4, 0.5) is 5.82 Å². The molecule has 0 spiro atoms. The van der Waals surface area contributed by atoms with Gasteiger partial charge in [0.15, 0.2) is 0 Å². The van der Waals surface area contributed by atoms with Crippen molar-refractivity contribution in [1.82, 2.24) is 4.98 Å². The number of halogens is 1. The van der Waals surface area contributed by atoms with Crippen molar-refractivity contribution >= 4 is 44.6 Å². The molecule has 0 atom stereocenters. The normalized spacial score (nSPS) is 11.1. The highest BCUT2D eigenvalue weighted by Crippen LogP contribution is 2.24. The Bertz CT molecular complexity index is 749. The average molecular weight is 328 g/mol. The molecule has 0 aliphatic heterocycles. The van der Waals surface area contributed by atoms with Gasteiger partial charge in [-0.05, 0) is 24.3 Å². The summed E-state index contributed by atoms with van der Waals surface area (Å²) in [6, 6.07) is 9.20. The molecule has 0 aliphatic rings. The van der Waals surface area contributed by atoms with E-state index in [1.807, 2.05) is 0 Å². The molecule has 20 heavy (non-hydrogen) atoms. The van der Waals surface area contributed by atoms with Gasteiger partial charge in [-0.25, -0.2) is 13.4 Å². The molecule has 8 heteroatoms. The zero-order valence-electron chi connectivity index (χ0n) is 10.1. The minimum absolute atomic E-state index is 0.0773. The first-order chi connectivity index (χ1) is 9.40. The van der Waals surface area contributed by atoms with Crippen LogP contribution in [0.25, 0.3) is 0 Å². The third-order valence-electron chi connectivity index (χ3n) is 2.41. The monoisotopic (exact) mass is 327 g/mol. The third-order valence-corrected chi connectivity index (χ3v) is 4.48. The lowest BCUT2D eigenvalue weighted by Crippen LogP contribution is -2.16. The van der Waals surface area contributed by atoms with Crippen molar-refractivity contribution in [2.45, 2.75) is 4.90 Å². The topological polar surface area (TPSA) is 85.1 Å². The molecule has 1 heterocycles. The summed E-state index contributed by atoms with van der Waals surface area (Å²) in [5.41, 5.74) is 5.91. The smallest absolute Gasteiger partial charge is 0.264 e. The van der Waals surface area contributed by atoms with E-state index < -0.39 is 10.0 Å². The van der Waals surface area contributed by atoms with Gasteiger partial charge in [0.1, 0.15) is 15.7 Å². The van der Waals surface area contributed by atoms with Crippen molar-refractivity contribution in [3.8, 4) is 0 Å². The lowest BCUT2D eigenvalue weighted by molar-refractivity contribution is 0.601. The van der Waals surface area contributed by atoms with Gasteiger partial charge in [-0.1, -0.05) is 36.0 Å². The Labute approximate surface area is 126 Å². The Hall–Kier alpha value is -1.70. The summed E-state index contributed by atoms with van der Waals surface area (Å²) < 4.78 is 26.9. The van der Waals surface area contributed by atoms with E-state index in [1.165, 1.54) is 24.4 Å². The standard InChI is InChI=1S/C12H10ClN3O2S2/c13-9-5-4-8(12(14)19)7-10(9)20(17,18)16-11-3-1-2-6-15-11/h1-7H,(H2,14,19)(H,15,16). The first-order valence-electron chi connectivity index (χ1n) is 5.43. The van der Waals surface area contributed by atoms with Crippen LogP contribution < -0.4 is 10.5 Å². The van der Waals surface area contributed by atoms with Crippen LogP contribution in [0.5, 0.6) is 0 Å². The van der Waals surface area contributed by atoms with Crippen LogP contribution in [0.3, 0.4) is 0 Å². The van der Waals surface area contributed by atoms with Crippen molar-refractivity contribution in [3.63, 3.8) is 0 Å². The van der Waals surface area contributed by atoms with Gasteiger partial charge in [0.05, 0.1) is 5.02 Å². The second kappa shape index (κ2) is 5.74. The molecule has 0 radical (unpaired) electrons. The second-order valence-corrected chi connectivity index (χ2v) is 6.33. The molecule has 0 amide bonds. The Morgan fingerprint density at radius 3 is 2.65 bits per heavy atom. The SMILES string of the molecule is NC(=S)c1ccc(Cl)c(S(=O)(=O)Nc2ccccn2)c1. The number of sulfonamides is 1. The number of nitrogens with zero attached hydrogens (tertiary/aromatic N) is 1. The Morgan fingerprint density at radius 1 is 1.30 bits per heavy atom. The molecule has 1 aromatic heterocycles. The van der Waals surface area contributed by atoms with Gasteiger partial charge in [-0.3, -0.25) is 4.72 Å². The highest BCUT2D eigenvalue weighted by molar-refractivity contribution is 7.92. The number of aromatic nitrogens is 1. The van der Waals surface area contributed by atoms with Crippen LogP contribution in [0, 0.1) is 0 Å². The summed E-state index contributed by atoms with van der Waals surface area (Å²) in [7, 11) is -3.86. The molecule has 0 unspecified atom stereocenters. The van der Waals surface area contributed by atoms with Crippen LogP contribution >= 0.6 is 23.8 Å². The first-order valence-corrected chi connectivity index (χ1v) is 7.70. The first kappa shape index (κ1) is 14.7. The maximum atomic E-state index is 12.3. The minimum Gasteiger partial charge on any atom is -0.389 e. The third kappa shape index (κ3) is 3.24. The van der Waals surface area contributed by atoms with E-state index in [-0.39, 0.29) is 20.7 Å². The fourth-order valence-corrected chi connectivity index (χ4v) is 3.14. The van der Waals surface area contributed by atoms with E-state index in [9.17, 15) is 8.42 Å². The summed E-state index contributed by atoms with van der Waals surface area (Å²) in [5, 5.41) is 0.0773. The quantitative estimate of drug-likeness (QED) is 0.841. The highest BCUT2D eigenvalue weighted by Gasteiger charge is 2.19. The maximum Gasteiger partial charge on any atom is 0.264 e. The number of nitrogens with one attached hydrogen (secondary N) is 1. The summed E-state index contributed by atoms with van der Waals surface area (Å²) >= 11 is 10.8. The number of hydrogen-bond donors (Lipinski definition) is 2. The van der Waals surface area contributed by atoms with Crippen molar-refractivity contribution in [2.75, 3.05) is 4.72 Å². The summed E-state index contributed by atoms with van der Waals surface area (Å²) in [4.78, 5) is 3.88. The molecular weight excluding hydrogens is 318 g/mol. The Morgan fingerprint density at radius 2 is 2.05 bits per heavy atom. The van der Waals surface area contributed by atoms with Crippen molar-refractivity contribution in [2.24, 2.45) is 5.73 Å². The molecule has 0 fully saturated rings. The van der Waals surface area contributed by atoms with Gasteiger partial charge >= 0.3 is 0 Å². The number of anilines is 1. The summed E-state index contributed by atoms with van der Waals surface area (Å²) in [6.45, 7) is 0. The second-order valence-electron chi connectivity index (χ2n) is 3.83. The molecular formula is C12H10ClN3O2S2. The molecule has 5 nitrogen and oxygen atoms in total. The van der Waals surface area contributed by atoms with E-state index in [2.05, 4.69) is 9.71 Å². The fourth-order valence-electron chi connectivity index (χ4n) is 1.48. The van der Waals surface area contributed by atoms with Crippen molar-refractivity contribution < 1.29 is 8.42 Å². The molecule has 104 valence electrons. The highest BCUT2D eigenvalue weighted by atomic mass is 35.5. The molecule has 3 N–H and O–H groups in total. The molecule has 1 aromatic carbocycles. The van der Waals surface area contributed by atoms with E-state index in [0.29, 0.717) is 5.56 Å². The van der Waals surface area contributed by atoms with E-state index in [0.717, 1.165) is 0 Å². The predicted molar refractivity (Wildman–Crippen MR) is 82.4 cm³/mol. The number of hydrogen-bond acceptors (Lipinski definition) is 4. The largest absolute Gasteiger partial charge is 0.389 e. The lowest BCUT2D eigenvalue weighted by Gasteiger charge is -2.10. The number of pyridine rings is 1. The molecule has 2 aromatic rings. The molecule has 0 saturated carbocycles. The van der Waals surface area contributed by atoms with Crippen LogP contribution in [-0.2, 0) is 10.0 Å². The van der Waals surface area contributed by atoms with Crippen LogP contribution in [-0.4, -0.2) is 18.4 Å². The van der Waals surface area contributed by atoms with Crippen molar-refractivity contribution in [3.05, 3.63) is 53.2 Å². The summed E-state index contributed by atoms with van der Waals surface area (Å²) in [6.07, 6.45) is 1.48. The molecule has 0 saturated heterocycles. The van der Waals surface area contributed by atoms with Crippen LogP contribution in [0.1, 0.15) is 5.56 Å². The average Bonchev–Trinajstić information content (AvgIpc) is 2.39. The zero-order valence-corrected chi connectivity index (χ0v) is 12.5. The van der Waals surface area contributed by atoms with Crippen LogP contribution in [0.2, 0.25) is 5.02 Å². The van der Waals surface area contributed by atoms with E-state index >= 15 is 0 Å². The number of nitrogens with two attached hydrogens (primary N) is 1. The number of thiocarbonyl (C=S) groups is 1. The van der Waals surface area contributed by atoms with E-state index in [4.69, 9.17) is 29.6 Å². The Balaban J connectivity index is 2.44. The van der Waals surface area contributed by atoms with Crippen molar-refractivity contribution in [1.29, 1.82) is 0 Å². The van der Waals surface area contributed by atoms with Crippen LogP contribution in [0.15, 0.2) is 47.5 Å². The molecule has 0 bridgehead atoms. The predicted octanol–water partition coefficient (Wildman–Crippen LogP) is 2.17. The Kier molecular flexibility index (Phi) is 4.22.